The third-order valence-electron chi connectivity index (χ3n) is 3.21. The molecule has 0 aromatic carbocycles. The van der Waals surface area contributed by atoms with Gasteiger partial charge in [-0.15, -0.1) is 0 Å². The predicted molar refractivity (Wildman–Crippen MR) is 85.9 cm³/mol. The Labute approximate surface area is 142 Å². The molecule has 4 nitrogen and oxygen atoms in total. The van der Waals surface area contributed by atoms with Crippen LogP contribution in [0.15, 0.2) is 0 Å². The van der Waals surface area contributed by atoms with Gasteiger partial charge in [-0.25, -0.2) is 4.57 Å². The molecule has 0 saturated carbocycles. The van der Waals surface area contributed by atoms with Gasteiger partial charge in [0, 0.05) is 0 Å². The average molecular weight is 318 g/mol. The summed E-state index contributed by atoms with van der Waals surface area (Å²) in [5.41, 5.74) is 0. The van der Waals surface area contributed by atoms with Crippen molar-refractivity contribution in [2.45, 2.75) is 87.6 Å². The molecular formula is C14H32NaO4P. The smallest absolute Gasteiger partial charge is 0.303 e. The quantitative estimate of drug-likeness (QED) is 0.284. The first-order valence-corrected chi connectivity index (χ1v) is 11.2. The van der Waals surface area contributed by atoms with E-state index in [2.05, 4.69) is 6.92 Å². The Hall–Kier alpha value is 1.11. The predicted octanol–water partition coefficient (Wildman–Crippen LogP) is 4.35. The van der Waals surface area contributed by atoms with Crippen molar-refractivity contribution >= 4 is 35.8 Å². The average Bonchev–Trinajstić information content (AvgIpc) is 2.34. The van der Waals surface area contributed by atoms with Gasteiger partial charge in [-0.1, -0.05) is 13.3 Å². The number of hydrogen-bond donors (Lipinski definition) is 3. The van der Waals surface area contributed by atoms with E-state index < -0.39 is 7.82 Å². The maximum absolute atomic E-state index is 8.88. The van der Waals surface area contributed by atoms with E-state index in [0.717, 1.165) is 0 Å². The van der Waals surface area contributed by atoms with Gasteiger partial charge in [0.1, 0.15) is 0 Å². The van der Waals surface area contributed by atoms with Crippen LogP contribution in [0.5, 0.6) is 0 Å². The minimum atomic E-state index is -4.64. The van der Waals surface area contributed by atoms with Gasteiger partial charge in [0.05, 0.1) is 0 Å². The molecule has 0 bridgehead atoms. The van der Waals surface area contributed by atoms with Crippen LogP contribution in [-0.4, -0.2) is 42.6 Å². The van der Waals surface area contributed by atoms with Crippen molar-refractivity contribution in [3.63, 3.8) is 0 Å². The summed E-state index contributed by atoms with van der Waals surface area (Å²) in [6, 6.07) is 0. The van der Waals surface area contributed by atoms with Crippen molar-refractivity contribution in [1.29, 1.82) is 0 Å². The van der Waals surface area contributed by atoms with Crippen LogP contribution in [0.3, 0.4) is 0 Å². The summed E-state index contributed by atoms with van der Waals surface area (Å²) in [6.45, 7) is 2.29. The topological polar surface area (TPSA) is 77.8 Å². The standard InChI is InChI=1S/C14H29.Na.H3O4P/c1-3-5-7-9-11-13-14-12-10-8-6-4-2;;1-5(2,3)4/h1,3-14H2,2H3;;(H3,1,2,3,4). The van der Waals surface area contributed by atoms with Gasteiger partial charge in [0.25, 0.3) is 0 Å². The first-order valence-electron chi connectivity index (χ1n) is 8.20. The van der Waals surface area contributed by atoms with Gasteiger partial charge in [0.2, 0.25) is 0 Å². The van der Waals surface area contributed by atoms with Crippen LogP contribution in [0.2, 0.25) is 3.67 Å². The van der Waals surface area contributed by atoms with Crippen molar-refractivity contribution in [1.82, 2.24) is 0 Å². The maximum Gasteiger partial charge on any atom is 0.466 e. The molecule has 0 atom stereocenters. The Kier molecular flexibility index (Phi) is 21.2. The summed E-state index contributed by atoms with van der Waals surface area (Å²) < 4.78 is 10.4. The number of rotatable bonds is 12. The normalized spacial score (nSPS) is 11.1. The number of phosphoric acid groups is 1. The van der Waals surface area contributed by atoms with Crippen molar-refractivity contribution in [3.8, 4) is 0 Å². The number of unbranched alkanes of at least 4 members (excludes halogenated alkanes) is 11. The molecular weight excluding hydrogens is 286 g/mol. The van der Waals surface area contributed by atoms with Gasteiger partial charge in [-0.3, -0.25) is 0 Å². The van der Waals surface area contributed by atoms with Crippen molar-refractivity contribution in [2.75, 3.05) is 0 Å². The molecule has 3 N–H and O–H groups in total. The fourth-order valence-electron chi connectivity index (χ4n) is 2.09. The monoisotopic (exact) mass is 318 g/mol. The van der Waals surface area contributed by atoms with E-state index in [1.165, 1.54) is 109 Å². The van der Waals surface area contributed by atoms with E-state index in [4.69, 9.17) is 19.2 Å². The first-order chi connectivity index (χ1) is 9.41. The summed E-state index contributed by atoms with van der Waals surface area (Å²) in [5.74, 6) is 0. The summed E-state index contributed by atoms with van der Waals surface area (Å²) >= 11 is 1.41. The molecule has 0 amide bonds. The molecule has 0 unspecified atom stereocenters. The van der Waals surface area contributed by atoms with Crippen LogP contribution in [0, 0.1) is 0 Å². The Morgan fingerprint density at radius 2 is 0.950 bits per heavy atom. The molecule has 0 aromatic heterocycles. The van der Waals surface area contributed by atoms with E-state index in [9.17, 15) is 0 Å². The van der Waals surface area contributed by atoms with E-state index in [-0.39, 0.29) is 0 Å². The van der Waals surface area contributed by atoms with E-state index in [0.29, 0.717) is 0 Å². The zero-order valence-corrected chi connectivity index (χ0v) is 16.3. The Morgan fingerprint density at radius 3 is 1.20 bits per heavy atom. The van der Waals surface area contributed by atoms with E-state index in [1.54, 1.807) is 0 Å². The maximum atomic E-state index is 8.88. The fraction of sp³-hybridized carbons (Fsp3) is 1.00. The molecule has 6 heteroatoms. The Balaban J connectivity index is 0. The van der Waals surface area contributed by atoms with Crippen LogP contribution < -0.4 is 0 Å². The zero-order chi connectivity index (χ0) is 15.7. The summed E-state index contributed by atoms with van der Waals surface area (Å²) in [5, 5.41) is 0. The third kappa shape index (κ3) is 36.5. The molecule has 20 heavy (non-hydrogen) atoms. The van der Waals surface area contributed by atoms with E-state index in [1.807, 2.05) is 0 Å². The van der Waals surface area contributed by atoms with Gasteiger partial charge < -0.3 is 14.7 Å². The SMILES string of the molecule is CCCCCCCCCCCCC[CH2][Na].O=P(O)(O)O. The molecule has 0 aliphatic heterocycles. The molecule has 0 spiro atoms. The van der Waals surface area contributed by atoms with Gasteiger partial charge in [-0.05, 0) is 0 Å². The zero-order valence-electron chi connectivity index (χ0n) is 13.4. The summed E-state index contributed by atoms with van der Waals surface area (Å²) in [7, 11) is -4.64. The summed E-state index contributed by atoms with van der Waals surface area (Å²) in [6.07, 6.45) is 17.7. The minimum absolute atomic E-state index is 1.38. The Morgan fingerprint density at radius 1 is 0.700 bits per heavy atom. The summed E-state index contributed by atoms with van der Waals surface area (Å²) in [4.78, 5) is 21.6. The van der Waals surface area contributed by atoms with Gasteiger partial charge in [0.15, 0.2) is 0 Å². The second-order valence-corrected chi connectivity index (χ2v) is 7.43. The van der Waals surface area contributed by atoms with Crippen molar-refractivity contribution in [3.05, 3.63) is 0 Å². The van der Waals surface area contributed by atoms with Crippen molar-refractivity contribution < 1.29 is 19.2 Å². The molecule has 0 aliphatic rings. The van der Waals surface area contributed by atoms with Gasteiger partial charge >= 0.3 is 110 Å². The molecule has 118 valence electrons. The van der Waals surface area contributed by atoms with Crippen LogP contribution in [0.25, 0.3) is 0 Å². The molecule has 0 radical (unpaired) electrons. The van der Waals surface area contributed by atoms with Crippen molar-refractivity contribution in [2.24, 2.45) is 0 Å². The second kappa shape index (κ2) is 18.2. The molecule has 0 aromatic rings. The largest absolute Gasteiger partial charge is 0.466 e. The molecule has 0 heterocycles. The van der Waals surface area contributed by atoms with Gasteiger partial charge in [-0.2, -0.15) is 0 Å². The molecule has 0 fully saturated rings. The first kappa shape index (κ1) is 23.4. The van der Waals surface area contributed by atoms with E-state index >= 15 is 0 Å². The second-order valence-electron chi connectivity index (χ2n) is 5.40. The number of hydrogen-bond acceptors (Lipinski definition) is 1. The molecule has 0 saturated heterocycles. The minimum Gasteiger partial charge on any atom is -0.303 e. The van der Waals surface area contributed by atoms with Crippen LogP contribution in [-0.2, 0) is 4.57 Å². The van der Waals surface area contributed by atoms with Crippen LogP contribution >= 0.6 is 7.82 Å². The fourth-order valence-corrected chi connectivity index (χ4v) is 2.59. The molecule has 0 rings (SSSR count). The third-order valence-corrected chi connectivity index (χ3v) is 3.91. The van der Waals surface area contributed by atoms with Crippen LogP contribution in [0.4, 0.5) is 0 Å². The van der Waals surface area contributed by atoms with Crippen LogP contribution in [0.1, 0.15) is 84.0 Å². The Bertz CT molecular complexity index is 201. The molecule has 0 aliphatic carbocycles.